The number of furan rings is 1. The van der Waals surface area contributed by atoms with E-state index in [0.717, 1.165) is 59.7 Å². The quantitative estimate of drug-likeness (QED) is 0.666. The van der Waals surface area contributed by atoms with E-state index in [-0.39, 0.29) is 11.8 Å². The predicted molar refractivity (Wildman–Crippen MR) is 114 cm³/mol. The van der Waals surface area contributed by atoms with Crippen molar-refractivity contribution in [2.45, 2.75) is 55.3 Å². The molecule has 5 aliphatic rings. The number of benzene rings is 2. The van der Waals surface area contributed by atoms with Crippen molar-refractivity contribution in [3.63, 3.8) is 0 Å². The molecule has 5 heteroatoms. The summed E-state index contributed by atoms with van der Waals surface area (Å²) >= 11 is 0. The second kappa shape index (κ2) is 5.28. The van der Waals surface area contributed by atoms with Gasteiger partial charge in [0.1, 0.15) is 11.3 Å². The first-order valence-corrected chi connectivity index (χ1v) is 11.6. The minimum absolute atomic E-state index is 0.0535. The number of rotatable bonds is 2. The number of fused-ring (bicyclic) bond motifs is 4. The topological polar surface area (TPSA) is 66.1 Å². The van der Waals surface area contributed by atoms with Gasteiger partial charge in [-0.15, -0.1) is 0 Å². The van der Waals surface area contributed by atoms with Crippen LogP contribution >= 0.6 is 0 Å². The largest absolute Gasteiger partial charge is 0.504 e. The van der Waals surface area contributed by atoms with E-state index in [9.17, 15) is 10.2 Å². The zero-order valence-electron chi connectivity index (χ0n) is 17.3. The summed E-state index contributed by atoms with van der Waals surface area (Å²) < 4.78 is 12.9. The number of phenols is 1. The Labute approximate surface area is 180 Å². The summed E-state index contributed by atoms with van der Waals surface area (Å²) in [6, 6.07) is 12.0. The molecule has 2 aliphatic heterocycles. The number of aliphatic hydroxyl groups is 1. The van der Waals surface area contributed by atoms with Gasteiger partial charge in [-0.25, -0.2) is 0 Å². The van der Waals surface area contributed by atoms with E-state index in [1.165, 1.54) is 18.4 Å². The molecule has 4 atom stereocenters. The number of aromatic hydroxyl groups is 1. The zero-order valence-corrected chi connectivity index (χ0v) is 17.3. The molecule has 5 nitrogen and oxygen atoms in total. The second-order valence-electron chi connectivity index (χ2n) is 10.4. The fraction of sp³-hybridized carbons (Fsp3) is 0.462. The van der Waals surface area contributed by atoms with Gasteiger partial charge in [0, 0.05) is 35.5 Å². The first-order valence-electron chi connectivity index (χ1n) is 11.6. The van der Waals surface area contributed by atoms with E-state index < -0.39 is 17.1 Å². The van der Waals surface area contributed by atoms with Crippen molar-refractivity contribution in [3.05, 3.63) is 58.8 Å². The molecule has 1 saturated heterocycles. The maximum atomic E-state index is 12.7. The lowest BCUT2D eigenvalue weighted by Gasteiger charge is -2.62. The Morgan fingerprint density at radius 1 is 1.13 bits per heavy atom. The van der Waals surface area contributed by atoms with Crippen LogP contribution in [0.5, 0.6) is 11.5 Å². The molecule has 2 aromatic carbocycles. The lowest BCUT2D eigenvalue weighted by atomic mass is 9.49. The average Bonchev–Trinajstić information content (AvgIpc) is 3.40. The minimum Gasteiger partial charge on any atom is -0.504 e. The van der Waals surface area contributed by atoms with Gasteiger partial charge in [-0.2, -0.15) is 0 Å². The van der Waals surface area contributed by atoms with E-state index in [1.807, 2.05) is 24.3 Å². The molecule has 2 fully saturated rings. The summed E-state index contributed by atoms with van der Waals surface area (Å²) in [6.07, 6.45) is 4.40. The summed E-state index contributed by atoms with van der Waals surface area (Å²) in [6.45, 7) is 2.03. The lowest BCUT2D eigenvalue weighted by Crippen LogP contribution is -2.74. The predicted octanol–water partition coefficient (Wildman–Crippen LogP) is 3.84. The zero-order chi connectivity index (χ0) is 20.5. The molecule has 158 valence electrons. The Kier molecular flexibility index (Phi) is 2.91. The highest BCUT2D eigenvalue weighted by atomic mass is 16.5. The molecule has 3 aliphatic carbocycles. The number of phenolic OH excluding ortho intramolecular Hbond substituents is 1. The molecule has 2 N–H and O–H groups in total. The Morgan fingerprint density at radius 3 is 2.87 bits per heavy atom. The number of piperidine rings is 1. The maximum absolute atomic E-state index is 12.7. The molecule has 1 spiro atoms. The molecule has 3 heterocycles. The number of hydrogen-bond donors (Lipinski definition) is 2. The molecule has 0 radical (unpaired) electrons. The van der Waals surface area contributed by atoms with Crippen LogP contribution in [-0.2, 0) is 18.3 Å². The molecule has 2 bridgehead atoms. The lowest BCUT2D eigenvalue weighted by molar-refractivity contribution is -0.175. The van der Waals surface area contributed by atoms with Gasteiger partial charge >= 0.3 is 0 Å². The Balaban J connectivity index is 1.43. The van der Waals surface area contributed by atoms with Crippen LogP contribution in [-0.4, -0.2) is 39.8 Å². The third kappa shape index (κ3) is 1.84. The minimum atomic E-state index is -0.948. The fourth-order valence-corrected chi connectivity index (χ4v) is 7.42. The average molecular weight is 415 g/mol. The van der Waals surface area contributed by atoms with Crippen LogP contribution in [0.3, 0.4) is 0 Å². The summed E-state index contributed by atoms with van der Waals surface area (Å²) in [4.78, 5) is 2.56. The molecule has 1 aromatic heterocycles. The molecular weight excluding hydrogens is 390 g/mol. The van der Waals surface area contributed by atoms with Crippen LogP contribution < -0.4 is 4.74 Å². The van der Waals surface area contributed by atoms with Crippen LogP contribution in [0, 0.1) is 5.92 Å². The molecule has 1 saturated carbocycles. The van der Waals surface area contributed by atoms with Crippen molar-refractivity contribution in [1.82, 2.24) is 4.90 Å². The van der Waals surface area contributed by atoms with Crippen LogP contribution in [0.4, 0.5) is 0 Å². The highest BCUT2D eigenvalue weighted by molar-refractivity contribution is 5.84. The molecule has 0 unspecified atom stereocenters. The number of hydrogen-bond acceptors (Lipinski definition) is 5. The van der Waals surface area contributed by atoms with E-state index in [2.05, 4.69) is 11.0 Å². The normalized spacial score (nSPS) is 35.0. The Hall–Kier alpha value is -2.50. The Bertz CT molecular complexity index is 1280. The van der Waals surface area contributed by atoms with Crippen LogP contribution in [0.1, 0.15) is 47.8 Å². The van der Waals surface area contributed by atoms with Crippen molar-refractivity contribution in [2.24, 2.45) is 5.92 Å². The molecular formula is C26H25NO4. The molecule has 0 amide bonds. The van der Waals surface area contributed by atoms with Crippen molar-refractivity contribution < 1.29 is 19.4 Å². The van der Waals surface area contributed by atoms with Gasteiger partial charge in [-0.05, 0) is 55.8 Å². The summed E-state index contributed by atoms with van der Waals surface area (Å²) in [5.41, 5.74) is 2.65. The smallest absolute Gasteiger partial charge is 0.169 e. The standard InChI is InChI=1S/C26H25NO4/c28-18-8-7-15-11-20-26(29)12-17-16-3-1-2-4-19(16)30-22(17)24-25(26,21(15)23(18)31-24)9-10-27(20)13-14-5-6-14/h1-4,7-8,14,20,24,28-29H,5-6,9-13H2/t20-,24+,25+,26+/m1/s1. The van der Waals surface area contributed by atoms with Gasteiger partial charge in [-0.3, -0.25) is 4.90 Å². The van der Waals surface area contributed by atoms with E-state index >= 15 is 0 Å². The fourth-order valence-electron chi connectivity index (χ4n) is 7.42. The third-order valence-corrected chi connectivity index (χ3v) is 8.93. The number of likely N-dealkylation sites (tertiary alicyclic amines) is 1. The van der Waals surface area contributed by atoms with Gasteiger partial charge < -0.3 is 19.4 Å². The second-order valence-corrected chi connectivity index (χ2v) is 10.4. The van der Waals surface area contributed by atoms with Gasteiger partial charge in [0.05, 0.1) is 11.0 Å². The first kappa shape index (κ1) is 17.1. The van der Waals surface area contributed by atoms with Crippen LogP contribution in [0.2, 0.25) is 0 Å². The van der Waals surface area contributed by atoms with E-state index in [1.54, 1.807) is 6.07 Å². The van der Waals surface area contributed by atoms with Crippen LogP contribution in [0.25, 0.3) is 11.0 Å². The monoisotopic (exact) mass is 415 g/mol. The number of para-hydroxylation sites is 1. The van der Waals surface area contributed by atoms with Gasteiger partial charge in [0.15, 0.2) is 17.6 Å². The highest BCUT2D eigenvalue weighted by Crippen LogP contribution is 2.69. The van der Waals surface area contributed by atoms with Gasteiger partial charge in [-0.1, -0.05) is 24.3 Å². The first-order chi connectivity index (χ1) is 15.1. The maximum Gasteiger partial charge on any atom is 0.169 e. The number of nitrogens with zero attached hydrogens (tertiary/aromatic N) is 1. The third-order valence-electron chi connectivity index (χ3n) is 8.93. The van der Waals surface area contributed by atoms with Crippen LogP contribution in [0.15, 0.2) is 40.8 Å². The molecule has 31 heavy (non-hydrogen) atoms. The van der Waals surface area contributed by atoms with Crippen molar-refractivity contribution in [1.29, 1.82) is 0 Å². The van der Waals surface area contributed by atoms with Gasteiger partial charge in [0.25, 0.3) is 0 Å². The molecule has 3 aromatic rings. The highest BCUT2D eigenvalue weighted by Gasteiger charge is 2.73. The van der Waals surface area contributed by atoms with E-state index in [0.29, 0.717) is 12.2 Å². The summed E-state index contributed by atoms with van der Waals surface area (Å²) in [7, 11) is 0. The number of ether oxygens (including phenoxy) is 1. The van der Waals surface area contributed by atoms with Crippen molar-refractivity contribution in [2.75, 3.05) is 13.1 Å². The summed E-state index contributed by atoms with van der Waals surface area (Å²) in [5.74, 6) is 2.34. The molecule has 8 rings (SSSR count). The van der Waals surface area contributed by atoms with Crippen molar-refractivity contribution in [3.8, 4) is 11.5 Å². The summed E-state index contributed by atoms with van der Waals surface area (Å²) in [5, 5.41) is 24.5. The van der Waals surface area contributed by atoms with E-state index in [4.69, 9.17) is 9.15 Å². The van der Waals surface area contributed by atoms with Crippen molar-refractivity contribution >= 4 is 11.0 Å². The van der Waals surface area contributed by atoms with Gasteiger partial charge in [0.2, 0.25) is 0 Å². The Morgan fingerprint density at radius 2 is 2.00 bits per heavy atom. The SMILES string of the molecule is Oc1ccc2c3c1O[C@H]1c4oc5ccccc5c4C[C@]4(O)[C@@H](C2)N(CC2CC2)CC[C@]314.